The minimum absolute atomic E-state index is 0.122. The number of rotatable bonds is 4. The third kappa shape index (κ3) is 4.72. The van der Waals surface area contributed by atoms with Gasteiger partial charge >= 0.3 is 6.09 Å². The number of aromatic nitrogens is 2. The Balaban J connectivity index is 1.80. The number of carbonyl (C=O) groups is 1. The first-order chi connectivity index (χ1) is 9.44. The Morgan fingerprint density at radius 3 is 2.85 bits per heavy atom. The second-order valence-corrected chi connectivity index (χ2v) is 6.68. The largest absolute Gasteiger partial charge is 0.444 e. The predicted molar refractivity (Wildman–Crippen MR) is 77.5 cm³/mol. The molecule has 1 heterocycles. The summed E-state index contributed by atoms with van der Waals surface area (Å²) in [5, 5.41) is 12.3. The number of hydrogen-bond donors (Lipinski definition) is 2. The number of carbonyl (C=O) groups excluding carboxylic acids is 1. The number of hydrogen-bond acceptors (Lipinski definition) is 6. The van der Waals surface area contributed by atoms with Crippen molar-refractivity contribution in [2.75, 3.05) is 0 Å². The molecular formula is C13H22N4O2S. The summed E-state index contributed by atoms with van der Waals surface area (Å²) >= 11 is 1.35. The number of nitrogens with zero attached hydrogens (tertiary/aromatic N) is 2. The van der Waals surface area contributed by atoms with Gasteiger partial charge in [0.25, 0.3) is 0 Å². The quantitative estimate of drug-likeness (QED) is 0.890. The van der Waals surface area contributed by atoms with E-state index in [0.717, 1.165) is 25.0 Å². The van der Waals surface area contributed by atoms with Gasteiger partial charge in [-0.25, -0.2) is 4.79 Å². The van der Waals surface area contributed by atoms with Gasteiger partial charge in [-0.05, 0) is 51.6 Å². The molecule has 112 valence electrons. The van der Waals surface area contributed by atoms with Crippen LogP contribution in [0.2, 0.25) is 0 Å². The molecule has 1 aliphatic rings. The lowest BCUT2D eigenvalue weighted by Gasteiger charge is -2.25. The Morgan fingerprint density at radius 2 is 2.20 bits per heavy atom. The summed E-state index contributed by atoms with van der Waals surface area (Å²) in [6.45, 7) is 6.29. The molecule has 1 saturated carbocycles. The lowest BCUT2D eigenvalue weighted by Crippen LogP contribution is -2.47. The van der Waals surface area contributed by atoms with Crippen molar-refractivity contribution in [1.29, 1.82) is 0 Å². The fourth-order valence-electron chi connectivity index (χ4n) is 2.33. The van der Waals surface area contributed by atoms with Crippen molar-refractivity contribution in [3.05, 3.63) is 11.1 Å². The van der Waals surface area contributed by atoms with Crippen LogP contribution in [0.1, 0.15) is 45.7 Å². The van der Waals surface area contributed by atoms with Crippen LogP contribution >= 0.6 is 11.5 Å². The first-order valence-corrected chi connectivity index (χ1v) is 7.76. The van der Waals surface area contributed by atoms with E-state index in [-0.39, 0.29) is 18.2 Å². The maximum Gasteiger partial charge on any atom is 0.407 e. The molecule has 0 radical (unpaired) electrons. The topological polar surface area (TPSA) is 76.1 Å². The zero-order valence-electron chi connectivity index (χ0n) is 12.2. The van der Waals surface area contributed by atoms with E-state index >= 15 is 0 Å². The minimum Gasteiger partial charge on any atom is -0.444 e. The van der Waals surface area contributed by atoms with Crippen molar-refractivity contribution in [1.82, 2.24) is 20.2 Å². The monoisotopic (exact) mass is 298 g/mol. The highest BCUT2D eigenvalue weighted by molar-refractivity contribution is 7.03. The molecule has 0 saturated heterocycles. The van der Waals surface area contributed by atoms with Crippen LogP contribution in [0.5, 0.6) is 0 Å². The van der Waals surface area contributed by atoms with Crippen LogP contribution in [-0.4, -0.2) is 33.4 Å². The van der Waals surface area contributed by atoms with Crippen molar-refractivity contribution in [2.45, 2.75) is 64.3 Å². The predicted octanol–water partition coefficient (Wildman–Crippen LogP) is 2.07. The van der Waals surface area contributed by atoms with Gasteiger partial charge in [0.05, 0.1) is 5.69 Å². The third-order valence-electron chi connectivity index (χ3n) is 3.17. The molecule has 20 heavy (non-hydrogen) atoms. The first kappa shape index (κ1) is 15.2. The fourth-order valence-corrected chi connectivity index (χ4v) is 2.78. The van der Waals surface area contributed by atoms with E-state index in [4.69, 9.17) is 4.74 Å². The molecule has 2 rings (SSSR count). The van der Waals surface area contributed by atoms with Gasteiger partial charge in [-0.2, -0.15) is 0 Å². The summed E-state index contributed by atoms with van der Waals surface area (Å²) in [5.41, 5.74) is 0.482. The molecule has 0 spiro atoms. The Bertz CT molecular complexity index is 430. The van der Waals surface area contributed by atoms with Crippen molar-refractivity contribution in [2.24, 2.45) is 0 Å². The van der Waals surface area contributed by atoms with Crippen LogP contribution in [0, 0.1) is 0 Å². The normalized spacial score (nSPS) is 22.8. The van der Waals surface area contributed by atoms with Crippen LogP contribution in [-0.2, 0) is 11.3 Å². The maximum atomic E-state index is 11.8. The second kappa shape index (κ2) is 6.49. The van der Waals surface area contributed by atoms with Gasteiger partial charge in [-0.15, -0.1) is 5.10 Å². The molecule has 1 aromatic rings. The maximum absolute atomic E-state index is 11.8. The molecule has 1 amide bonds. The zero-order valence-corrected chi connectivity index (χ0v) is 13.0. The number of alkyl carbamates (subject to hydrolysis) is 1. The van der Waals surface area contributed by atoms with E-state index in [2.05, 4.69) is 20.2 Å². The molecule has 0 bridgehead atoms. The molecule has 2 atom stereocenters. The molecule has 6 nitrogen and oxygen atoms in total. The van der Waals surface area contributed by atoms with Gasteiger partial charge in [0.15, 0.2) is 0 Å². The van der Waals surface area contributed by atoms with Crippen molar-refractivity contribution in [3.63, 3.8) is 0 Å². The zero-order chi connectivity index (χ0) is 14.6. The van der Waals surface area contributed by atoms with Gasteiger partial charge in [0.1, 0.15) is 5.60 Å². The average Bonchev–Trinajstić information content (AvgIpc) is 2.94. The lowest BCUT2D eigenvalue weighted by molar-refractivity contribution is 0.0498. The molecule has 1 aromatic heterocycles. The van der Waals surface area contributed by atoms with Crippen molar-refractivity contribution < 1.29 is 9.53 Å². The van der Waals surface area contributed by atoms with E-state index in [1.165, 1.54) is 11.5 Å². The third-order valence-corrected chi connectivity index (χ3v) is 3.72. The van der Waals surface area contributed by atoms with Crippen molar-refractivity contribution >= 4 is 17.6 Å². The average molecular weight is 298 g/mol. The van der Waals surface area contributed by atoms with Gasteiger partial charge in [0.2, 0.25) is 0 Å². The fraction of sp³-hybridized carbons (Fsp3) is 0.769. The van der Waals surface area contributed by atoms with Gasteiger partial charge < -0.3 is 15.4 Å². The van der Waals surface area contributed by atoms with Crippen molar-refractivity contribution in [3.8, 4) is 0 Å². The van der Waals surface area contributed by atoms with Crippen LogP contribution < -0.4 is 10.6 Å². The standard InChI is InChI=1S/C13H22N4O2S/c1-13(2,3)19-12(18)15-11-6-4-5-10(11)14-7-9-8-20-17-16-9/h8,10-11,14H,4-7H2,1-3H3,(H,15,18). The van der Waals surface area contributed by atoms with E-state index in [1.54, 1.807) is 0 Å². The molecule has 1 fully saturated rings. The number of amides is 1. The number of ether oxygens (including phenoxy) is 1. The molecular weight excluding hydrogens is 276 g/mol. The summed E-state index contributed by atoms with van der Waals surface area (Å²) < 4.78 is 9.14. The molecule has 2 N–H and O–H groups in total. The molecule has 0 aromatic carbocycles. The number of nitrogens with one attached hydrogen (secondary N) is 2. The van der Waals surface area contributed by atoms with Gasteiger partial charge in [-0.1, -0.05) is 4.49 Å². The minimum atomic E-state index is -0.460. The summed E-state index contributed by atoms with van der Waals surface area (Å²) in [6, 6.07) is 0.390. The highest BCUT2D eigenvalue weighted by Crippen LogP contribution is 2.20. The molecule has 1 aliphatic carbocycles. The first-order valence-electron chi connectivity index (χ1n) is 6.93. The van der Waals surface area contributed by atoms with E-state index in [0.29, 0.717) is 6.54 Å². The van der Waals surface area contributed by atoms with E-state index in [1.807, 2.05) is 26.2 Å². The Morgan fingerprint density at radius 1 is 1.45 bits per heavy atom. The molecule has 2 unspecified atom stereocenters. The SMILES string of the molecule is CC(C)(C)OC(=O)NC1CCCC1NCc1csnn1. The Labute approximate surface area is 123 Å². The van der Waals surface area contributed by atoms with Crippen LogP contribution in [0.15, 0.2) is 5.38 Å². The Hall–Kier alpha value is -1.21. The van der Waals surface area contributed by atoms with E-state index in [9.17, 15) is 4.79 Å². The van der Waals surface area contributed by atoms with Crippen LogP contribution in [0.4, 0.5) is 4.79 Å². The summed E-state index contributed by atoms with van der Waals surface area (Å²) in [6.07, 6.45) is 2.80. The van der Waals surface area contributed by atoms with E-state index < -0.39 is 5.60 Å². The molecule has 0 aliphatic heterocycles. The Kier molecular flexibility index (Phi) is 4.93. The van der Waals surface area contributed by atoms with Gasteiger partial charge in [-0.3, -0.25) is 0 Å². The van der Waals surface area contributed by atoms with Gasteiger partial charge in [0, 0.05) is 24.0 Å². The lowest BCUT2D eigenvalue weighted by atomic mass is 10.1. The highest BCUT2D eigenvalue weighted by atomic mass is 32.1. The smallest absolute Gasteiger partial charge is 0.407 e. The van der Waals surface area contributed by atoms with Crippen LogP contribution in [0.25, 0.3) is 0 Å². The second-order valence-electron chi connectivity index (χ2n) is 6.07. The summed E-state index contributed by atoms with van der Waals surface area (Å²) in [7, 11) is 0. The molecule has 7 heteroatoms. The summed E-state index contributed by atoms with van der Waals surface area (Å²) in [5.74, 6) is 0. The highest BCUT2D eigenvalue weighted by Gasteiger charge is 2.29. The van der Waals surface area contributed by atoms with Crippen LogP contribution in [0.3, 0.4) is 0 Å². The summed E-state index contributed by atoms with van der Waals surface area (Å²) in [4.78, 5) is 11.8.